The van der Waals surface area contributed by atoms with Crippen LogP contribution in [0.5, 0.6) is 0 Å². The maximum atomic E-state index is 11.9. The molecule has 12 heavy (non-hydrogen) atoms. The quantitative estimate of drug-likeness (QED) is 0.516. The predicted octanol–water partition coefficient (Wildman–Crippen LogP) is 0.0406. The summed E-state index contributed by atoms with van der Waals surface area (Å²) in [5.74, 6) is 0. The second-order valence-corrected chi connectivity index (χ2v) is 2.70. The number of nitrogens with zero attached hydrogens (tertiary/aromatic N) is 2. The zero-order chi connectivity index (χ0) is 9.35. The van der Waals surface area contributed by atoms with Crippen molar-refractivity contribution in [1.82, 2.24) is 0 Å². The van der Waals surface area contributed by atoms with E-state index in [1.54, 1.807) is 0 Å². The summed E-state index contributed by atoms with van der Waals surface area (Å²) < 4.78 is 55.9. The first-order valence-electron chi connectivity index (χ1n) is 2.57. The Morgan fingerprint density at radius 3 is 2.25 bits per heavy atom. The van der Waals surface area contributed by atoms with E-state index >= 15 is 0 Å². The summed E-state index contributed by atoms with van der Waals surface area (Å²) in [4.78, 5) is -0.928. The molecule has 0 N–H and O–H groups in total. The molecule has 0 atom stereocenters. The lowest BCUT2D eigenvalue weighted by atomic mass is 10.3. The molecule has 0 spiro atoms. The molecular formula is C4HF3N2O2S. The molecule has 8 heteroatoms. The molecule has 0 radical (unpaired) electrons. The molecular weight excluding hydrogens is 197 g/mol. The molecule has 0 amide bonds. The van der Waals surface area contributed by atoms with Crippen LogP contribution in [0.4, 0.5) is 13.2 Å². The van der Waals surface area contributed by atoms with Crippen LogP contribution in [0.2, 0.25) is 0 Å². The number of halogens is 3. The van der Waals surface area contributed by atoms with Crippen molar-refractivity contribution in [2.45, 2.75) is 6.18 Å². The van der Waals surface area contributed by atoms with Gasteiger partial charge in [0.25, 0.3) is 0 Å². The van der Waals surface area contributed by atoms with Crippen LogP contribution in [0.1, 0.15) is 0 Å². The van der Waals surface area contributed by atoms with E-state index in [2.05, 4.69) is 10.2 Å². The first-order chi connectivity index (χ1) is 5.43. The van der Waals surface area contributed by atoms with E-state index in [0.29, 0.717) is 6.21 Å². The van der Waals surface area contributed by atoms with Crippen molar-refractivity contribution >= 4 is 27.1 Å². The average molecular weight is 198 g/mol. The molecule has 1 aliphatic rings. The zero-order valence-corrected chi connectivity index (χ0v) is 6.15. The van der Waals surface area contributed by atoms with Crippen molar-refractivity contribution < 1.29 is 21.6 Å². The van der Waals surface area contributed by atoms with Crippen molar-refractivity contribution in [2.75, 3.05) is 0 Å². The highest BCUT2D eigenvalue weighted by atomic mass is 32.2. The lowest BCUT2D eigenvalue weighted by molar-refractivity contribution is -0.0565. The summed E-state index contributed by atoms with van der Waals surface area (Å²) in [6, 6.07) is 0. The van der Waals surface area contributed by atoms with Gasteiger partial charge in [-0.15, -0.1) is 5.10 Å². The fourth-order valence-corrected chi connectivity index (χ4v) is 1.02. The van der Waals surface area contributed by atoms with Crippen molar-refractivity contribution in [3.63, 3.8) is 0 Å². The van der Waals surface area contributed by atoms with Gasteiger partial charge < -0.3 is 0 Å². The van der Waals surface area contributed by atoms with Crippen LogP contribution >= 0.6 is 0 Å². The van der Waals surface area contributed by atoms with E-state index in [0.717, 1.165) is 0 Å². The topological polar surface area (TPSA) is 58.9 Å². The second-order valence-electron chi connectivity index (χ2n) is 1.79. The van der Waals surface area contributed by atoms with E-state index in [9.17, 15) is 21.6 Å². The molecule has 1 heterocycles. The molecule has 1 aliphatic heterocycles. The van der Waals surface area contributed by atoms with E-state index in [1.807, 2.05) is 0 Å². The Balaban J connectivity index is 3.24. The molecule has 1 rings (SSSR count). The third-order valence-electron chi connectivity index (χ3n) is 1.01. The minimum atomic E-state index is -4.77. The summed E-state index contributed by atoms with van der Waals surface area (Å²) >= 11 is 0. The first kappa shape index (κ1) is 8.91. The van der Waals surface area contributed by atoms with Gasteiger partial charge in [0.15, 0.2) is 5.71 Å². The monoisotopic (exact) mass is 198 g/mol. The Morgan fingerprint density at radius 2 is 1.92 bits per heavy atom. The third kappa shape index (κ3) is 1.52. The van der Waals surface area contributed by atoms with Gasteiger partial charge in [0, 0.05) is 0 Å². The average Bonchev–Trinajstić information content (AvgIpc) is 2.30. The van der Waals surface area contributed by atoms with Gasteiger partial charge in [-0.3, -0.25) is 0 Å². The Labute approximate surface area is 65.9 Å². The van der Waals surface area contributed by atoms with Crippen LogP contribution in [-0.4, -0.2) is 31.4 Å². The summed E-state index contributed by atoms with van der Waals surface area (Å²) in [7, 11) is -2.95. The van der Waals surface area contributed by atoms with E-state index in [-0.39, 0.29) is 0 Å². The molecule has 0 bridgehead atoms. The molecule has 0 aliphatic carbocycles. The lowest BCUT2D eigenvalue weighted by Gasteiger charge is -2.01. The Kier molecular flexibility index (Phi) is 2.01. The van der Waals surface area contributed by atoms with E-state index < -0.39 is 27.0 Å². The molecule has 0 aromatic rings. The summed E-state index contributed by atoms with van der Waals surface area (Å²) in [6.45, 7) is 0. The fraction of sp³-hybridized carbons (Fsp3) is 0.250. The van der Waals surface area contributed by atoms with Gasteiger partial charge in [0.2, 0.25) is 10.3 Å². The largest absolute Gasteiger partial charge is 0.436 e. The molecule has 0 aromatic heterocycles. The van der Waals surface area contributed by atoms with Gasteiger partial charge in [0.1, 0.15) is 4.86 Å². The summed E-state index contributed by atoms with van der Waals surface area (Å²) in [5, 5.41) is 5.49. The van der Waals surface area contributed by atoms with Gasteiger partial charge in [0.05, 0.1) is 6.21 Å². The van der Waals surface area contributed by atoms with Gasteiger partial charge in [-0.25, -0.2) is 0 Å². The lowest BCUT2D eigenvalue weighted by Crippen LogP contribution is -2.30. The predicted molar refractivity (Wildman–Crippen MR) is 35.9 cm³/mol. The highest BCUT2D eigenvalue weighted by Crippen LogP contribution is 2.19. The molecule has 0 fully saturated rings. The van der Waals surface area contributed by atoms with Gasteiger partial charge >= 0.3 is 6.18 Å². The Bertz CT molecular complexity index is 381. The van der Waals surface area contributed by atoms with Crippen LogP contribution in [0.15, 0.2) is 10.2 Å². The van der Waals surface area contributed by atoms with Crippen molar-refractivity contribution in [3.05, 3.63) is 0 Å². The van der Waals surface area contributed by atoms with Crippen LogP contribution in [0.25, 0.3) is 0 Å². The number of hydrogen-bond donors (Lipinski definition) is 0. The Morgan fingerprint density at radius 1 is 1.33 bits per heavy atom. The fourth-order valence-electron chi connectivity index (χ4n) is 0.568. The molecule has 0 unspecified atom stereocenters. The summed E-state index contributed by atoms with van der Waals surface area (Å²) in [6.07, 6.45) is -4.22. The smallest absolute Gasteiger partial charge is 0.184 e. The highest BCUT2D eigenvalue weighted by molar-refractivity contribution is 7.76. The SMILES string of the molecule is O=S(=O)=C1C=NN=C1C(F)(F)F. The number of alkyl halides is 3. The second kappa shape index (κ2) is 2.70. The maximum absolute atomic E-state index is 11.9. The van der Waals surface area contributed by atoms with Crippen LogP contribution in [0, 0.1) is 0 Å². The number of hydrogen-bond acceptors (Lipinski definition) is 4. The van der Waals surface area contributed by atoms with Gasteiger partial charge in [-0.2, -0.15) is 26.7 Å². The van der Waals surface area contributed by atoms with Gasteiger partial charge in [-0.1, -0.05) is 0 Å². The first-order valence-corrected chi connectivity index (χ1v) is 3.65. The molecule has 0 saturated heterocycles. The number of rotatable bonds is 0. The van der Waals surface area contributed by atoms with E-state index in [4.69, 9.17) is 0 Å². The molecule has 66 valence electrons. The van der Waals surface area contributed by atoms with E-state index in [1.165, 1.54) is 0 Å². The maximum Gasteiger partial charge on any atom is 0.436 e. The van der Waals surface area contributed by atoms with Crippen LogP contribution < -0.4 is 0 Å². The molecule has 0 aromatic carbocycles. The van der Waals surface area contributed by atoms with Crippen molar-refractivity contribution in [2.24, 2.45) is 10.2 Å². The minimum absolute atomic E-state index is 0.548. The molecule has 0 saturated carbocycles. The molecule has 4 nitrogen and oxygen atoms in total. The van der Waals surface area contributed by atoms with Crippen LogP contribution in [0.3, 0.4) is 0 Å². The third-order valence-corrected chi connectivity index (χ3v) is 1.67. The van der Waals surface area contributed by atoms with Crippen LogP contribution in [-0.2, 0) is 10.3 Å². The Hall–Kier alpha value is -1.18. The van der Waals surface area contributed by atoms with Gasteiger partial charge in [-0.05, 0) is 0 Å². The standard InChI is InChI=1S/C4HF3N2O2S/c5-4(6,7)3-2(12(10)11)1-8-9-3/h1H. The highest BCUT2D eigenvalue weighted by Gasteiger charge is 2.41. The summed E-state index contributed by atoms with van der Waals surface area (Å²) in [5.41, 5.74) is -1.48. The minimum Gasteiger partial charge on any atom is -0.184 e. The van der Waals surface area contributed by atoms with Crippen molar-refractivity contribution in [1.29, 1.82) is 0 Å². The normalized spacial score (nSPS) is 16.6. The zero-order valence-electron chi connectivity index (χ0n) is 5.33. The van der Waals surface area contributed by atoms with Crippen molar-refractivity contribution in [3.8, 4) is 0 Å².